The smallest absolute Gasteiger partial charge is 0.0589 e. The summed E-state index contributed by atoms with van der Waals surface area (Å²) in [5, 5.41) is 4.32. The summed E-state index contributed by atoms with van der Waals surface area (Å²) >= 11 is 2.18. The third-order valence-electron chi connectivity index (χ3n) is 4.06. The van der Waals surface area contributed by atoms with Crippen LogP contribution in [0.1, 0.15) is 39.5 Å². The number of ether oxygens (including phenoxy) is 1. The third kappa shape index (κ3) is 6.98. The Morgan fingerprint density at radius 1 is 1.21 bits per heavy atom. The molecule has 0 bridgehead atoms. The van der Waals surface area contributed by atoms with E-state index in [2.05, 4.69) is 35.8 Å². The van der Waals surface area contributed by atoms with Crippen molar-refractivity contribution in [1.82, 2.24) is 10.2 Å². The number of hydrogen-bond acceptors (Lipinski definition) is 4. The molecule has 0 aromatic heterocycles. The molecule has 114 valence electrons. The number of nitrogens with one attached hydrogen (secondary N) is 1. The second kappa shape index (κ2) is 11.0. The lowest BCUT2D eigenvalue weighted by molar-refractivity contribution is 0.120. The minimum absolute atomic E-state index is 0.726. The van der Waals surface area contributed by atoms with Crippen LogP contribution in [-0.2, 0) is 4.74 Å². The molecule has 1 fully saturated rings. The molecule has 0 atom stereocenters. The van der Waals surface area contributed by atoms with Crippen molar-refractivity contribution in [2.75, 3.05) is 45.6 Å². The van der Waals surface area contributed by atoms with E-state index in [0.717, 1.165) is 24.4 Å². The molecule has 1 N–H and O–H groups in total. The predicted octanol–water partition coefficient (Wildman–Crippen LogP) is 2.61. The summed E-state index contributed by atoms with van der Waals surface area (Å²) in [7, 11) is 1.80. The topological polar surface area (TPSA) is 24.5 Å². The van der Waals surface area contributed by atoms with Crippen LogP contribution in [0.3, 0.4) is 0 Å². The molecule has 0 unspecified atom stereocenters. The van der Waals surface area contributed by atoms with Gasteiger partial charge in [0.05, 0.1) is 6.61 Å². The second-order valence-corrected chi connectivity index (χ2v) is 6.73. The van der Waals surface area contributed by atoms with Crippen molar-refractivity contribution >= 4 is 11.8 Å². The Balaban J connectivity index is 2.25. The Hall–Kier alpha value is 0.230. The summed E-state index contributed by atoms with van der Waals surface area (Å²) in [5.74, 6) is 1.27. The summed E-state index contributed by atoms with van der Waals surface area (Å²) in [4.78, 5) is 2.62. The molecule has 19 heavy (non-hydrogen) atoms. The van der Waals surface area contributed by atoms with Crippen molar-refractivity contribution in [3.8, 4) is 0 Å². The Morgan fingerprint density at radius 2 is 1.89 bits per heavy atom. The van der Waals surface area contributed by atoms with E-state index in [1.807, 2.05) is 0 Å². The Bertz CT molecular complexity index is 206. The molecule has 0 saturated carbocycles. The summed E-state index contributed by atoms with van der Waals surface area (Å²) < 4.78 is 5.25. The van der Waals surface area contributed by atoms with E-state index >= 15 is 0 Å². The van der Waals surface area contributed by atoms with Gasteiger partial charge in [0.2, 0.25) is 0 Å². The molecule has 1 rings (SSSR count). The number of thioether (sulfide) groups is 1. The lowest BCUT2D eigenvalue weighted by Crippen LogP contribution is -2.39. The van der Waals surface area contributed by atoms with Gasteiger partial charge in [-0.3, -0.25) is 4.90 Å². The summed E-state index contributed by atoms with van der Waals surface area (Å²) in [6.45, 7) is 10.2. The van der Waals surface area contributed by atoms with E-state index < -0.39 is 0 Å². The maximum absolute atomic E-state index is 5.25. The quantitative estimate of drug-likeness (QED) is 0.668. The van der Waals surface area contributed by atoms with E-state index in [1.54, 1.807) is 7.11 Å². The zero-order valence-corrected chi connectivity index (χ0v) is 13.8. The van der Waals surface area contributed by atoms with Crippen molar-refractivity contribution < 1.29 is 4.74 Å². The highest BCUT2D eigenvalue weighted by Crippen LogP contribution is 2.20. The van der Waals surface area contributed by atoms with Crippen LogP contribution in [-0.4, -0.2) is 61.8 Å². The van der Waals surface area contributed by atoms with Crippen molar-refractivity contribution in [3.05, 3.63) is 0 Å². The Morgan fingerprint density at radius 3 is 2.47 bits per heavy atom. The standard InChI is InChI=1S/C15H32N2OS/c1-4-14(5-2)17(10-12-18-3)11-13-19-15-6-8-16-9-7-15/h14-16H,4-13H2,1-3H3. The molecule has 0 amide bonds. The van der Waals surface area contributed by atoms with Gasteiger partial charge in [0.25, 0.3) is 0 Å². The van der Waals surface area contributed by atoms with E-state index in [4.69, 9.17) is 4.74 Å². The molecule has 0 aromatic carbocycles. The van der Waals surface area contributed by atoms with Crippen LogP contribution in [0.5, 0.6) is 0 Å². The van der Waals surface area contributed by atoms with Crippen LogP contribution in [0.4, 0.5) is 0 Å². The molecule has 1 aliphatic rings. The number of methoxy groups -OCH3 is 1. The minimum Gasteiger partial charge on any atom is -0.383 e. The fourth-order valence-electron chi connectivity index (χ4n) is 2.79. The molecule has 0 spiro atoms. The summed E-state index contributed by atoms with van der Waals surface area (Å²) in [6, 6.07) is 0.726. The van der Waals surface area contributed by atoms with E-state index in [9.17, 15) is 0 Å². The van der Waals surface area contributed by atoms with Gasteiger partial charge in [0.1, 0.15) is 0 Å². The fraction of sp³-hybridized carbons (Fsp3) is 1.00. The van der Waals surface area contributed by atoms with Gasteiger partial charge in [0.15, 0.2) is 0 Å². The monoisotopic (exact) mass is 288 g/mol. The van der Waals surface area contributed by atoms with Gasteiger partial charge in [-0.15, -0.1) is 0 Å². The number of hydrogen-bond donors (Lipinski definition) is 1. The SMILES string of the molecule is CCC(CC)N(CCOC)CCSC1CCNCC1. The summed E-state index contributed by atoms with van der Waals surface area (Å²) in [5.41, 5.74) is 0. The normalized spacial score (nSPS) is 17.5. The molecule has 1 aliphatic heterocycles. The number of piperidine rings is 1. The van der Waals surface area contributed by atoms with Crippen LogP contribution >= 0.6 is 11.8 Å². The third-order valence-corrected chi connectivity index (χ3v) is 5.42. The van der Waals surface area contributed by atoms with Crippen LogP contribution < -0.4 is 5.32 Å². The zero-order valence-electron chi connectivity index (χ0n) is 13.0. The first-order valence-electron chi connectivity index (χ1n) is 7.87. The largest absolute Gasteiger partial charge is 0.383 e. The van der Waals surface area contributed by atoms with E-state index in [-0.39, 0.29) is 0 Å². The lowest BCUT2D eigenvalue weighted by atomic mass is 10.1. The van der Waals surface area contributed by atoms with Crippen LogP contribution in [0.25, 0.3) is 0 Å². The van der Waals surface area contributed by atoms with Crippen molar-refractivity contribution in [1.29, 1.82) is 0 Å². The minimum atomic E-state index is 0.726. The molecule has 0 aromatic rings. The van der Waals surface area contributed by atoms with Crippen molar-refractivity contribution in [2.24, 2.45) is 0 Å². The Kier molecular flexibility index (Phi) is 9.96. The molecule has 1 heterocycles. The summed E-state index contributed by atoms with van der Waals surface area (Å²) in [6.07, 6.45) is 5.18. The van der Waals surface area contributed by atoms with Crippen molar-refractivity contribution in [3.63, 3.8) is 0 Å². The van der Waals surface area contributed by atoms with Gasteiger partial charge in [-0.1, -0.05) is 13.8 Å². The maximum Gasteiger partial charge on any atom is 0.0589 e. The molecular weight excluding hydrogens is 256 g/mol. The van der Waals surface area contributed by atoms with Crippen LogP contribution in [0.2, 0.25) is 0 Å². The molecule has 3 nitrogen and oxygen atoms in total. The zero-order chi connectivity index (χ0) is 13.9. The highest BCUT2D eigenvalue weighted by Gasteiger charge is 2.17. The number of nitrogens with zero attached hydrogens (tertiary/aromatic N) is 1. The van der Waals surface area contributed by atoms with Gasteiger partial charge in [0, 0.05) is 37.2 Å². The average molecular weight is 289 g/mol. The first kappa shape index (κ1) is 17.3. The van der Waals surface area contributed by atoms with E-state index in [0.29, 0.717) is 0 Å². The van der Waals surface area contributed by atoms with Crippen LogP contribution in [0.15, 0.2) is 0 Å². The Labute approximate surface area is 123 Å². The first-order valence-corrected chi connectivity index (χ1v) is 8.92. The molecule has 4 heteroatoms. The molecule has 0 aliphatic carbocycles. The van der Waals surface area contributed by atoms with Crippen LogP contribution in [0, 0.1) is 0 Å². The van der Waals surface area contributed by atoms with Gasteiger partial charge in [-0.25, -0.2) is 0 Å². The van der Waals surface area contributed by atoms with Gasteiger partial charge in [-0.05, 0) is 38.8 Å². The molecule has 0 radical (unpaired) electrons. The first-order chi connectivity index (χ1) is 9.31. The second-order valence-electron chi connectivity index (χ2n) is 5.32. The predicted molar refractivity (Wildman–Crippen MR) is 86.2 cm³/mol. The van der Waals surface area contributed by atoms with Gasteiger partial charge < -0.3 is 10.1 Å². The fourth-order valence-corrected chi connectivity index (χ4v) is 4.03. The molecular formula is C15H32N2OS. The van der Waals surface area contributed by atoms with Gasteiger partial charge >= 0.3 is 0 Å². The number of rotatable bonds is 10. The van der Waals surface area contributed by atoms with Crippen molar-refractivity contribution in [2.45, 2.75) is 50.8 Å². The highest BCUT2D eigenvalue weighted by molar-refractivity contribution is 7.99. The maximum atomic E-state index is 5.25. The average Bonchev–Trinajstić information content (AvgIpc) is 2.46. The molecule has 1 saturated heterocycles. The van der Waals surface area contributed by atoms with Gasteiger partial charge in [-0.2, -0.15) is 11.8 Å². The van der Waals surface area contributed by atoms with E-state index in [1.165, 1.54) is 51.1 Å². The highest BCUT2D eigenvalue weighted by atomic mass is 32.2. The lowest BCUT2D eigenvalue weighted by Gasteiger charge is -2.31.